The van der Waals surface area contributed by atoms with Crippen molar-refractivity contribution < 1.29 is 38.5 Å². The number of ketones is 1. The summed E-state index contributed by atoms with van der Waals surface area (Å²) in [6, 6.07) is 6.34. The molecular weight excluding hydrogens is 634 g/mol. The second kappa shape index (κ2) is 34.4. The quantitative estimate of drug-likeness (QED) is 0.0502. The molecule has 0 aromatic heterocycles. The lowest BCUT2D eigenvalue weighted by atomic mass is 10.0. The van der Waals surface area contributed by atoms with Crippen molar-refractivity contribution in [3.8, 4) is 5.75 Å². The first-order valence-electron chi connectivity index (χ1n) is 18.8. The van der Waals surface area contributed by atoms with E-state index < -0.39 is 12.0 Å². The summed E-state index contributed by atoms with van der Waals surface area (Å²) in [4.78, 5) is 43.9. The molecule has 9 nitrogen and oxygen atoms in total. The van der Waals surface area contributed by atoms with Crippen molar-refractivity contribution in [2.75, 3.05) is 27.4 Å². The van der Waals surface area contributed by atoms with Gasteiger partial charge in [0.05, 0.1) is 12.2 Å². The summed E-state index contributed by atoms with van der Waals surface area (Å²) >= 11 is 0. The van der Waals surface area contributed by atoms with Crippen LogP contribution in [0.25, 0.3) is 0 Å². The predicted octanol–water partition coefficient (Wildman–Crippen LogP) is 9.09. The molecule has 50 heavy (non-hydrogen) atoms. The number of hydrogen-bond acceptors (Lipinski definition) is 7. The number of hydrogen-bond donors (Lipinski definition) is 2. The Kier molecular flexibility index (Phi) is 33.8. The lowest BCUT2D eigenvalue weighted by Crippen LogP contribution is -2.37. The maximum absolute atomic E-state index is 11.8. The van der Waals surface area contributed by atoms with Crippen molar-refractivity contribution in [3.05, 3.63) is 42.0 Å². The number of Topliss-reactive ketones (excluding diaryl/α,β-unsaturated/α-hetero) is 1. The van der Waals surface area contributed by atoms with Gasteiger partial charge in [0.2, 0.25) is 6.41 Å². The molecular formula is C41H71NO8. The predicted molar refractivity (Wildman–Crippen MR) is 204 cm³/mol. The Balaban J connectivity index is 0. The first-order chi connectivity index (χ1) is 24.0. The molecule has 0 radical (unpaired) electrons. The fourth-order valence-corrected chi connectivity index (χ4v) is 4.48. The number of aldehydes is 1. The fraction of sp³-hybridized carbons (Fsp3) is 0.707. The molecule has 0 unspecified atom stereocenters. The smallest absolute Gasteiger partial charge is 0.326 e. The van der Waals surface area contributed by atoms with E-state index in [0.717, 1.165) is 81.8 Å². The molecule has 0 aliphatic carbocycles. The maximum Gasteiger partial charge on any atom is 0.326 e. The highest BCUT2D eigenvalue weighted by atomic mass is 16.5. The van der Waals surface area contributed by atoms with Crippen molar-refractivity contribution in [1.82, 2.24) is 5.32 Å². The minimum absolute atomic E-state index is 0.0417. The average Bonchev–Trinajstić information content (AvgIpc) is 3.09. The van der Waals surface area contributed by atoms with Gasteiger partial charge in [0.15, 0.2) is 0 Å². The van der Waals surface area contributed by atoms with Crippen LogP contribution in [0.5, 0.6) is 5.75 Å². The molecule has 0 aliphatic heterocycles. The van der Waals surface area contributed by atoms with Crippen LogP contribution in [0.1, 0.15) is 143 Å². The Bertz CT molecular complexity index is 987. The van der Waals surface area contributed by atoms with Crippen LogP contribution in [-0.4, -0.2) is 68.6 Å². The third-order valence-corrected chi connectivity index (χ3v) is 7.94. The fourth-order valence-electron chi connectivity index (χ4n) is 4.48. The van der Waals surface area contributed by atoms with Gasteiger partial charge in [0, 0.05) is 46.0 Å². The molecule has 1 amide bonds. The van der Waals surface area contributed by atoms with Crippen LogP contribution in [0.3, 0.4) is 0 Å². The first-order valence-corrected chi connectivity index (χ1v) is 18.8. The Morgan fingerprint density at radius 1 is 0.820 bits per heavy atom. The number of carboxylic acids is 1. The van der Waals surface area contributed by atoms with E-state index in [4.69, 9.17) is 19.3 Å². The average molecular weight is 706 g/mol. The van der Waals surface area contributed by atoms with E-state index in [1.807, 2.05) is 45.0 Å². The second-order valence-corrected chi connectivity index (χ2v) is 13.6. The highest BCUT2D eigenvalue weighted by molar-refractivity contribution is 5.78. The van der Waals surface area contributed by atoms with Gasteiger partial charge < -0.3 is 29.4 Å². The molecule has 2 N–H and O–H groups in total. The number of allylic oxidation sites excluding steroid dienone is 2. The zero-order valence-corrected chi connectivity index (χ0v) is 32.5. The summed E-state index contributed by atoms with van der Waals surface area (Å²) in [7, 11) is 3.37. The molecule has 0 saturated carbocycles. The van der Waals surface area contributed by atoms with E-state index in [0.29, 0.717) is 25.4 Å². The van der Waals surface area contributed by atoms with Gasteiger partial charge in [-0.15, -0.1) is 0 Å². The van der Waals surface area contributed by atoms with Crippen LogP contribution < -0.4 is 10.1 Å². The van der Waals surface area contributed by atoms with E-state index in [-0.39, 0.29) is 17.9 Å². The van der Waals surface area contributed by atoms with Crippen molar-refractivity contribution in [1.29, 1.82) is 0 Å². The lowest BCUT2D eigenvalue weighted by molar-refractivity contribution is -0.140. The molecule has 0 fully saturated rings. The Morgan fingerprint density at radius 3 is 1.90 bits per heavy atom. The highest BCUT2D eigenvalue weighted by Crippen LogP contribution is 2.15. The van der Waals surface area contributed by atoms with Gasteiger partial charge in [-0.05, 0) is 83.4 Å². The number of carbonyl (C=O) groups excluding carboxylic acids is 3. The molecule has 0 saturated heterocycles. The third kappa shape index (κ3) is 33.5. The van der Waals surface area contributed by atoms with Gasteiger partial charge in [-0.25, -0.2) is 4.79 Å². The minimum atomic E-state index is -1.05. The standard InChI is InChI=1S/C22H40O3.C14H19NO4.C5H12O/c1-3-4-5-9-13-16-22(24)17-14-11-8-6-7-10-12-15-21(20-23)18-19-25-2;1-2-3-8-19-12-6-4-11(5-7-12)9-13(14(17)18)15-10-16;1-5(2,3)6-4/h10,12,20-21H,3-9,11,13-19H2,1-2H3;4-7,10,13H,2-3,8-9H2,1H3,(H,15,16)(H,17,18);1-4H3/b12-10+;;/t21-;13-;/m00./s1. The summed E-state index contributed by atoms with van der Waals surface area (Å²) < 4.78 is 15.5. The molecule has 0 spiro atoms. The van der Waals surface area contributed by atoms with E-state index in [1.165, 1.54) is 38.5 Å². The van der Waals surface area contributed by atoms with E-state index in [1.54, 1.807) is 14.2 Å². The van der Waals surface area contributed by atoms with Crippen LogP contribution in [-0.2, 0) is 35.1 Å². The number of rotatable bonds is 28. The van der Waals surface area contributed by atoms with Crippen molar-refractivity contribution in [2.45, 2.75) is 155 Å². The molecule has 0 heterocycles. The SMILES string of the molecule is CCCCCCCC(=O)CCCCCC/C=C/C[C@H](C=O)CCOC.CCCCOc1ccc(C[C@H](NC=O)C(=O)O)cc1.COC(C)(C)C. The van der Waals surface area contributed by atoms with Crippen LogP contribution in [0.2, 0.25) is 0 Å². The number of nitrogens with one attached hydrogen (secondary N) is 1. The Morgan fingerprint density at radius 2 is 1.40 bits per heavy atom. The zero-order valence-electron chi connectivity index (χ0n) is 32.5. The van der Waals surface area contributed by atoms with E-state index >= 15 is 0 Å². The molecule has 0 aliphatic rings. The van der Waals surface area contributed by atoms with Gasteiger partial charge in [-0.3, -0.25) is 9.59 Å². The second-order valence-electron chi connectivity index (χ2n) is 13.6. The number of ether oxygens (including phenoxy) is 3. The normalized spacial score (nSPS) is 12.1. The number of methoxy groups -OCH3 is 2. The molecule has 0 bridgehead atoms. The molecule has 2 atom stereocenters. The number of aliphatic carboxylic acids is 1. The maximum atomic E-state index is 11.8. The monoisotopic (exact) mass is 706 g/mol. The topological polar surface area (TPSA) is 128 Å². The van der Waals surface area contributed by atoms with Gasteiger partial charge in [0.1, 0.15) is 23.9 Å². The van der Waals surface area contributed by atoms with Crippen molar-refractivity contribution >= 4 is 24.4 Å². The van der Waals surface area contributed by atoms with Gasteiger partial charge in [-0.1, -0.05) is 83.1 Å². The number of carboxylic acid groups (broad SMARTS) is 1. The molecule has 288 valence electrons. The van der Waals surface area contributed by atoms with E-state index in [9.17, 15) is 19.2 Å². The van der Waals surface area contributed by atoms with Gasteiger partial charge in [-0.2, -0.15) is 0 Å². The third-order valence-electron chi connectivity index (χ3n) is 7.94. The van der Waals surface area contributed by atoms with Gasteiger partial charge >= 0.3 is 5.97 Å². The van der Waals surface area contributed by atoms with Gasteiger partial charge in [0.25, 0.3) is 0 Å². The largest absolute Gasteiger partial charge is 0.494 e. The summed E-state index contributed by atoms with van der Waals surface area (Å²) in [6.07, 6.45) is 23.0. The summed E-state index contributed by atoms with van der Waals surface area (Å²) in [5, 5.41) is 11.2. The number of carbonyl (C=O) groups is 4. The first kappa shape index (κ1) is 49.1. The highest BCUT2D eigenvalue weighted by Gasteiger charge is 2.16. The number of unbranched alkanes of at least 4 members (excludes halogenated alkanes) is 9. The number of benzene rings is 1. The zero-order chi connectivity index (χ0) is 37.9. The molecule has 1 aromatic carbocycles. The Hall–Kier alpha value is -3.04. The molecule has 9 heteroatoms. The number of amides is 1. The lowest BCUT2D eigenvalue weighted by Gasteiger charge is -2.14. The van der Waals surface area contributed by atoms with Crippen molar-refractivity contribution in [2.24, 2.45) is 5.92 Å². The van der Waals surface area contributed by atoms with Crippen LogP contribution in [0.15, 0.2) is 36.4 Å². The van der Waals surface area contributed by atoms with Crippen LogP contribution >= 0.6 is 0 Å². The van der Waals surface area contributed by atoms with Crippen LogP contribution in [0.4, 0.5) is 0 Å². The van der Waals surface area contributed by atoms with Crippen molar-refractivity contribution in [3.63, 3.8) is 0 Å². The summed E-state index contributed by atoms with van der Waals surface area (Å²) in [5.41, 5.74) is 0.879. The van der Waals surface area contributed by atoms with Crippen LogP contribution in [0, 0.1) is 5.92 Å². The Labute approximate surface area is 304 Å². The summed E-state index contributed by atoms with van der Waals surface area (Å²) in [5.74, 6) is 0.263. The molecule has 1 aromatic rings. The molecule has 1 rings (SSSR count). The van der Waals surface area contributed by atoms with E-state index in [2.05, 4.69) is 31.3 Å². The minimum Gasteiger partial charge on any atom is -0.494 e. The summed E-state index contributed by atoms with van der Waals surface area (Å²) in [6.45, 7) is 11.7.